The molecule has 3 heteroatoms. The van der Waals surface area contributed by atoms with E-state index in [1.54, 1.807) is 0 Å². The highest BCUT2D eigenvalue weighted by Crippen LogP contribution is 2.43. The Balaban J connectivity index is 1.88. The highest BCUT2D eigenvalue weighted by Gasteiger charge is 2.49. The van der Waals surface area contributed by atoms with Crippen molar-refractivity contribution in [3.05, 3.63) is 34.3 Å². The van der Waals surface area contributed by atoms with Gasteiger partial charge in [0.15, 0.2) is 0 Å². The van der Waals surface area contributed by atoms with E-state index in [1.807, 2.05) is 0 Å². The summed E-state index contributed by atoms with van der Waals surface area (Å²) in [6, 6.07) is 9.46. The van der Waals surface area contributed by atoms with E-state index >= 15 is 0 Å². The molecular weight excluding hydrogens is 326 g/mol. The Kier molecular flexibility index (Phi) is 5.50. The van der Waals surface area contributed by atoms with Gasteiger partial charge in [0.05, 0.1) is 6.10 Å². The summed E-state index contributed by atoms with van der Waals surface area (Å²) in [5, 5.41) is 3.76. The molecule has 118 valence electrons. The highest BCUT2D eigenvalue weighted by atomic mass is 79.9. The molecule has 2 unspecified atom stereocenters. The fourth-order valence-electron chi connectivity index (χ4n) is 2.91. The number of ether oxygens (including phenoxy) is 1. The molecule has 1 aliphatic rings. The normalized spacial score (nSPS) is 25.7. The third kappa shape index (κ3) is 4.08. The smallest absolute Gasteiger partial charge is 0.0656 e. The average molecular weight is 354 g/mol. The monoisotopic (exact) mass is 353 g/mol. The fraction of sp³-hybridized carbons (Fsp3) is 0.667. The lowest BCUT2D eigenvalue weighted by Gasteiger charge is -2.53. The number of benzene rings is 1. The van der Waals surface area contributed by atoms with Gasteiger partial charge < -0.3 is 10.1 Å². The second kappa shape index (κ2) is 6.80. The van der Waals surface area contributed by atoms with Crippen LogP contribution in [0.2, 0.25) is 0 Å². The van der Waals surface area contributed by atoms with Crippen molar-refractivity contribution in [1.29, 1.82) is 0 Å². The second-order valence-corrected chi connectivity index (χ2v) is 8.18. The molecule has 0 saturated heterocycles. The third-order valence-corrected chi connectivity index (χ3v) is 5.16. The van der Waals surface area contributed by atoms with Gasteiger partial charge in [-0.3, -0.25) is 0 Å². The number of halogens is 1. The van der Waals surface area contributed by atoms with Gasteiger partial charge in [-0.15, -0.1) is 0 Å². The molecule has 2 rings (SSSR count). The second-order valence-electron chi connectivity index (χ2n) is 7.27. The Hall–Kier alpha value is -0.380. The van der Waals surface area contributed by atoms with Gasteiger partial charge in [0, 0.05) is 28.6 Å². The Bertz CT molecular complexity index is 455. The average Bonchev–Trinajstić information content (AvgIpc) is 2.42. The van der Waals surface area contributed by atoms with Crippen LogP contribution in [-0.4, -0.2) is 18.8 Å². The standard InChI is InChI=1S/C18H28BrNO/c1-12(2)11-21-17-10-16(18(17,4)5)20-13(3)14-6-8-15(19)9-7-14/h6-9,12-13,16-17,20H,10-11H2,1-5H3/t13-,16?,17?/m1/s1. The molecule has 1 aliphatic carbocycles. The van der Waals surface area contributed by atoms with Crippen LogP contribution in [0.1, 0.15) is 52.6 Å². The number of hydrogen-bond donors (Lipinski definition) is 1. The quantitative estimate of drug-likeness (QED) is 0.781. The van der Waals surface area contributed by atoms with E-state index in [2.05, 4.69) is 80.1 Å². The Morgan fingerprint density at radius 3 is 2.38 bits per heavy atom. The zero-order valence-corrected chi connectivity index (χ0v) is 15.4. The maximum absolute atomic E-state index is 6.04. The van der Waals surface area contributed by atoms with Crippen LogP contribution in [0.25, 0.3) is 0 Å². The summed E-state index contributed by atoms with van der Waals surface area (Å²) < 4.78 is 7.17. The molecule has 1 fully saturated rings. The fourth-order valence-corrected chi connectivity index (χ4v) is 3.17. The first-order valence-corrected chi connectivity index (χ1v) is 8.73. The van der Waals surface area contributed by atoms with Crippen LogP contribution in [0.4, 0.5) is 0 Å². The number of nitrogens with one attached hydrogen (secondary N) is 1. The summed E-state index contributed by atoms with van der Waals surface area (Å²) in [6.07, 6.45) is 1.50. The van der Waals surface area contributed by atoms with Crippen LogP contribution in [0, 0.1) is 11.3 Å². The molecule has 0 radical (unpaired) electrons. The van der Waals surface area contributed by atoms with Gasteiger partial charge in [0.2, 0.25) is 0 Å². The summed E-state index contributed by atoms with van der Waals surface area (Å²) in [6.45, 7) is 12.1. The van der Waals surface area contributed by atoms with E-state index in [9.17, 15) is 0 Å². The van der Waals surface area contributed by atoms with Gasteiger partial charge in [0.1, 0.15) is 0 Å². The molecule has 1 saturated carbocycles. The minimum Gasteiger partial charge on any atom is -0.377 e. The molecule has 3 atom stereocenters. The summed E-state index contributed by atoms with van der Waals surface area (Å²) in [4.78, 5) is 0. The molecule has 0 aliphatic heterocycles. The lowest BCUT2D eigenvalue weighted by molar-refractivity contribution is -0.125. The van der Waals surface area contributed by atoms with Crippen LogP contribution in [-0.2, 0) is 4.74 Å². The van der Waals surface area contributed by atoms with E-state index in [0.717, 1.165) is 17.5 Å². The van der Waals surface area contributed by atoms with Crippen molar-refractivity contribution in [2.24, 2.45) is 11.3 Å². The molecular formula is C18H28BrNO. The Morgan fingerprint density at radius 2 is 1.86 bits per heavy atom. The van der Waals surface area contributed by atoms with Gasteiger partial charge in [-0.05, 0) is 37.0 Å². The van der Waals surface area contributed by atoms with Crippen LogP contribution in [0.3, 0.4) is 0 Å². The maximum atomic E-state index is 6.04. The minimum atomic E-state index is 0.207. The molecule has 0 spiro atoms. The van der Waals surface area contributed by atoms with Crippen molar-refractivity contribution in [3.8, 4) is 0 Å². The molecule has 0 amide bonds. The molecule has 1 aromatic rings. The predicted octanol–water partition coefficient (Wildman–Crippen LogP) is 4.94. The lowest BCUT2D eigenvalue weighted by Crippen LogP contribution is -2.61. The van der Waals surface area contributed by atoms with E-state index in [0.29, 0.717) is 24.1 Å². The predicted molar refractivity (Wildman–Crippen MR) is 92.5 cm³/mol. The van der Waals surface area contributed by atoms with Crippen molar-refractivity contribution in [1.82, 2.24) is 5.32 Å². The third-order valence-electron chi connectivity index (χ3n) is 4.63. The topological polar surface area (TPSA) is 21.3 Å². The van der Waals surface area contributed by atoms with Crippen molar-refractivity contribution in [2.75, 3.05) is 6.61 Å². The summed E-state index contributed by atoms with van der Waals surface area (Å²) in [5.74, 6) is 0.606. The molecule has 2 nitrogen and oxygen atoms in total. The zero-order chi connectivity index (χ0) is 15.6. The Morgan fingerprint density at radius 1 is 1.24 bits per heavy atom. The van der Waals surface area contributed by atoms with Crippen molar-refractivity contribution < 1.29 is 4.74 Å². The minimum absolute atomic E-state index is 0.207. The van der Waals surface area contributed by atoms with Gasteiger partial charge >= 0.3 is 0 Å². The first kappa shape index (κ1) is 17.0. The van der Waals surface area contributed by atoms with Crippen LogP contribution in [0.5, 0.6) is 0 Å². The summed E-state index contributed by atoms with van der Waals surface area (Å²) in [7, 11) is 0. The highest BCUT2D eigenvalue weighted by molar-refractivity contribution is 9.10. The SMILES string of the molecule is CC(C)COC1CC(N[C@H](C)c2ccc(Br)cc2)C1(C)C. The van der Waals surface area contributed by atoms with E-state index in [4.69, 9.17) is 4.74 Å². The summed E-state index contributed by atoms with van der Waals surface area (Å²) >= 11 is 3.49. The maximum Gasteiger partial charge on any atom is 0.0656 e. The van der Waals surface area contributed by atoms with Crippen LogP contribution >= 0.6 is 15.9 Å². The van der Waals surface area contributed by atoms with E-state index < -0.39 is 0 Å². The molecule has 21 heavy (non-hydrogen) atoms. The van der Waals surface area contributed by atoms with E-state index in [1.165, 1.54) is 5.56 Å². The van der Waals surface area contributed by atoms with E-state index in [-0.39, 0.29) is 5.41 Å². The zero-order valence-electron chi connectivity index (χ0n) is 13.8. The van der Waals surface area contributed by atoms with Crippen molar-refractivity contribution >= 4 is 15.9 Å². The van der Waals surface area contributed by atoms with Crippen molar-refractivity contribution in [3.63, 3.8) is 0 Å². The first-order chi connectivity index (χ1) is 9.80. The molecule has 0 bridgehead atoms. The first-order valence-electron chi connectivity index (χ1n) is 7.93. The van der Waals surface area contributed by atoms with Crippen molar-refractivity contribution in [2.45, 2.75) is 59.2 Å². The van der Waals surface area contributed by atoms with Gasteiger partial charge in [-0.2, -0.15) is 0 Å². The summed E-state index contributed by atoms with van der Waals surface area (Å²) in [5.41, 5.74) is 1.54. The largest absolute Gasteiger partial charge is 0.377 e. The molecule has 1 aromatic carbocycles. The molecule has 0 heterocycles. The van der Waals surface area contributed by atoms with Gasteiger partial charge in [0.25, 0.3) is 0 Å². The van der Waals surface area contributed by atoms with Gasteiger partial charge in [-0.1, -0.05) is 55.8 Å². The number of rotatable bonds is 6. The lowest BCUT2D eigenvalue weighted by atomic mass is 9.64. The van der Waals surface area contributed by atoms with Crippen LogP contribution < -0.4 is 5.32 Å². The molecule has 0 aromatic heterocycles. The Labute approximate surface area is 137 Å². The molecule has 1 N–H and O–H groups in total. The van der Waals surface area contributed by atoms with Crippen LogP contribution in [0.15, 0.2) is 28.7 Å². The van der Waals surface area contributed by atoms with Gasteiger partial charge in [-0.25, -0.2) is 0 Å². The number of hydrogen-bond acceptors (Lipinski definition) is 2.